The topological polar surface area (TPSA) is 38.4 Å². The van der Waals surface area contributed by atoms with Crippen LogP contribution in [0.15, 0.2) is 119 Å². The molecule has 0 saturated heterocycles. The maximum atomic E-state index is 6.98. The molecule has 3 rings (SSSR count). The second kappa shape index (κ2) is 15.7. The average molecular weight is 553 g/mol. The van der Waals surface area contributed by atoms with Gasteiger partial charge in [0.25, 0.3) is 0 Å². The lowest BCUT2D eigenvalue weighted by molar-refractivity contribution is 0.639. The first-order valence-corrected chi connectivity index (χ1v) is 15.6. The number of fused-ring (bicyclic) bond motifs is 1. The molecule has 212 valence electrons. The van der Waals surface area contributed by atoms with Gasteiger partial charge < -0.3 is 5.73 Å². The summed E-state index contributed by atoms with van der Waals surface area (Å²) in [6.07, 6.45) is 28.6. The molecule has 0 bridgehead atoms. The third-order valence-corrected chi connectivity index (χ3v) is 8.77. The Kier molecular flexibility index (Phi) is 12.4. The first-order chi connectivity index (χ1) is 19.3. The Morgan fingerprint density at radius 1 is 1.18 bits per heavy atom. The fourth-order valence-electron chi connectivity index (χ4n) is 4.94. The molecule has 4 atom stereocenters. The monoisotopic (exact) mass is 552 g/mol. The summed E-state index contributed by atoms with van der Waals surface area (Å²) in [5.41, 5.74) is 10.7. The summed E-state index contributed by atoms with van der Waals surface area (Å²) in [4.78, 5) is 6.01. The average Bonchev–Trinajstić information content (AvgIpc) is 3.36. The first kappa shape index (κ1) is 31.5. The van der Waals surface area contributed by atoms with Crippen molar-refractivity contribution in [1.29, 1.82) is 0 Å². The van der Waals surface area contributed by atoms with Crippen LogP contribution >= 0.6 is 11.3 Å². The van der Waals surface area contributed by atoms with E-state index in [2.05, 4.69) is 119 Å². The summed E-state index contributed by atoms with van der Waals surface area (Å²) in [7, 11) is 0. The van der Waals surface area contributed by atoms with Crippen LogP contribution in [0.5, 0.6) is 0 Å². The fraction of sp³-hybridized carbons (Fsp3) is 0.378. The standard InChI is InChI=1S/C37H48N2S/c1-7-9-11-15-28(3)27-39-24-14-21-37(38)22-19-29(4)31(6)34(17-10-8-2)35(30(5)20-23-37)26-33-25-32-16-12-13-18-36(32)40-33/h7,9-21,23-25,28,30-31H,8,22,26-27,38H2,1-6H3/b9-7-,15-11-,17-10-,21-14+,23-20+,29-19+,35-34-,39-24?. The van der Waals surface area contributed by atoms with E-state index in [9.17, 15) is 0 Å². The largest absolute Gasteiger partial charge is 0.318 e. The third kappa shape index (κ3) is 9.28. The molecule has 1 aromatic heterocycles. The molecule has 0 amide bonds. The number of hydrogen-bond acceptors (Lipinski definition) is 3. The van der Waals surface area contributed by atoms with Gasteiger partial charge in [-0.2, -0.15) is 0 Å². The second-order valence-corrected chi connectivity index (χ2v) is 12.3. The van der Waals surface area contributed by atoms with Gasteiger partial charge in [-0.25, -0.2) is 0 Å². The number of benzene rings is 1. The first-order valence-electron chi connectivity index (χ1n) is 14.7. The molecule has 3 heteroatoms. The lowest BCUT2D eigenvalue weighted by Crippen LogP contribution is -2.35. The Morgan fingerprint density at radius 3 is 2.73 bits per heavy atom. The zero-order chi connectivity index (χ0) is 29.0. The molecule has 1 heterocycles. The number of aliphatic imine (C=N–C) groups is 1. The molecule has 1 aliphatic carbocycles. The van der Waals surface area contributed by atoms with Crippen molar-refractivity contribution in [2.75, 3.05) is 6.54 Å². The van der Waals surface area contributed by atoms with Gasteiger partial charge in [0.1, 0.15) is 0 Å². The summed E-state index contributed by atoms with van der Waals surface area (Å²) in [5, 5.41) is 1.33. The number of thiophene rings is 1. The van der Waals surface area contributed by atoms with Crippen molar-refractivity contribution < 1.29 is 0 Å². The number of rotatable bonds is 10. The van der Waals surface area contributed by atoms with Crippen molar-refractivity contribution >= 4 is 27.6 Å². The minimum atomic E-state index is -0.557. The van der Waals surface area contributed by atoms with E-state index in [0.29, 0.717) is 11.8 Å². The molecular weight excluding hydrogens is 504 g/mol. The summed E-state index contributed by atoms with van der Waals surface area (Å²) in [6, 6.07) is 11.1. The summed E-state index contributed by atoms with van der Waals surface area (Å²) < 4.78 is 1.35. The van der Waals surface area contributed by atoms with E-state index in [4.69, 9.17) is 5.73 Å². The zero-order valence-electron chi connectivity index (χ0n) is 25.3. The lowest BCUT2D eigenvalue weighted by atomic mass is 9.80. The molecule has 0 aliphatic heterocycles. The molecule has 0 spiro atoms. The molecule has 2 aromatic rings. The van der Waals surface area contributed by atoms with Crippen LogP contribution in [0.1, 0.15) is 59.3 Å². The van der Waals surface area contributed by atoms with Gasteiger partial charge in [0.2, 0.25) is 0 Å². The summed E-state index contributed by atoms with van der Waals surface area (Å²) >= 11 is 1.91. The van der Waals surface area contributed by atoms with Crippen LogP contribution in [0.4, 0.5) is 0 Å². The van der Waals surface area contributed by atoms with E-state index in [1.54, 1.807) is 0 Å². The van der Waals surface area contributed by atoms with Gasteiger partial charge in [0.05, 0.1) is 5.54 Å². The van der Waals surface area contributed by atoms with Crippen molar-refractivity contribution in [3.63, 3.8) is 0 Å². The fourth-order valence-corrected chi connectivity index (χ4v) is 6.03. The van der Waals surface area contributed by atoms with Crippen molar-refractivity contribution in [2.45, 2.75) is 66.3 Å². The van der Waals surface area contributed by atoms with Gasteiger partial charge in [0, 0.05) is 34.7 Å². The molecule has 2 nitrogen and oxygen atoms in total. The van der Waals surface area contributed by atoms with E-state index >= 15 is 0 Å². The van der Waals surface area contributed by atoms with Crippen LogP contribution in [0.3, 0.4) is 0 Å². The van der Waals surface area contributed by atoms with Gasteiger partial charge in [-0.05, 0) is 67.7 Å². The Morgan fingerprint density at radius 2 is 1.98 bits per heavy atom. The van der Waals surface area contributed by atoms with Crippen molar-refractivity contribution in [3.8, 4) is 0 Å². The Bertz CT molecular complexity index is 1310. The van der Waals surface area contributed by atoms with Crippen molar-refractivity contribution in [1.82, 2.24) is 0 Å². The molecule has 4 unspecified atom stereocenters. The predicted molar refractivity (Wildman–Crippen MR) is 180 cm³/mol. The number of allylic oxidation sites excluding steroid dienone is 10. The molecule has 0 saturated carbocycles. The normalized spacial score (nSPS) is 27.9. The van der Waals surface area contributed by atoms with Gasteiger partial charge in [-0.15, -0.1) is 11.3 Å². The predicted octanol–water partition coefficient (Wildman–Crippen LogP) is 9.98. The zero-order valence-corrected chi connectivity index (χ0v) is 26.1. The number of hydrogen-bond donors (Lipinski definition) is 1. The van der Waals surface area contributed by atoms with Gasteiger partial charge >= 0.3 is 0 Å². The third-order valence-electron chi connectivity index (χ3n) is 7.65. The van der Waals surface area contributed by atoms with Gasteiger partial charge in [-0.3, -0.25) is 4.99 Å². The molecule has 40 heavy (non-hydrogen) atoms. The van der Waals surface area contributed by atoms with Gasteiger partial charge in [-0.1, -0.05) is 118 Å². The highest BCUT2D eigenvalue weighted by Gasteiger charge is 2.23. The molecule has 0 radical (unpaired) electrons. The van der Waals surface area contributed by atoms with Crippen LogP contribution in [0.25, 0.3) is 10.1 Å². The van der Waals surface area contributed by atoms with Crippen LogP contribution in [0, 0.1) is 17.8 Å². The maximum Gasteiger partial charge on any atom is 0.0563 e. The highest BCUT2D eigenvalue weighted by Crippen LogP contribution is 2.35. The van der Waals surface area contributed by atoms with E-state index < -0.39 is 5.54 Å². The highest BCUT2D eigenvalue weighted by atomic mass is 32.1. The van der Waals surface area contributed by atoms with Crippen LogP contribution in [-0.2, 0) is 6.42 Å². The second-order valence-electron chi connectivity index (χ2n) is 11.1. The Balaban J connectivity index is 1.90. The van der Waals surface area contributed by atoms with E-state index in [1.807, 2.05) is 42.7 Å². The summed E-state index contributed by atoms with van der Waals surface area (Å²) in [5.74, 6) is 0.995. The van der Waals surface area contributed by atoms with E-state index in [0.717, 1.165) is 25.8 Å². The van der Waals surface area contributed by atoms with Crippen molar-refractivity contribution in [3.05, 3.63) is 119 Å². The number of nitrogens with two attached hydrogens (primary N) is 1. The minimum Gasteiger partial charge on any atom is -0.318 e. The number of nitrogens with zero attached hydrogens (tertiary/aromatic N) is 1. The quantitative estimate of drug-likeness (QED) is 0.178. The SMILES string of the molecule is C/C=C\C=C/C(C)CN=C/C=C/C1(N)/C=C/C(C)/C(Cc2cc3ccccc3s2)=C(/C=C\CC)C(C)/C(C)=C/C1. The van der Waals surface area contributed by atoms with Crippen LogP contribution in [0.2, 0.25) is 0 Å². The Hall–Kier alpha value is -3.01. The maximum absolute atomic E-state index is 6.98. The Labute approximate surface area is 247 Å². The van der Waals surface area contributed by atoms with E-state index in [1.165, 1.54) is 31.7 Å². The molecule has 1 aliphatic rings. The van der Waals surface area contributed by atoms with Crippen LogP contribution in [-0.4, -0.2) is 18.3 Å². The minimum absolute atomic E-state index is 0.268. The van der Waals surface area contributed by atoms with E-state index in [-0.39, 0.29) is 5.92 Å². The highest BCUT2D eigenvalue weighted by molar-refractivity contribution is 7.19. The molecule has 1 aromatic carbocycles. The lowest BCUT2D eigenvalue weighted by Gasteiger charge is -2.27. The smallest absolute Gasteiger partial charge is 0.0563 e. The van der Waals surface area contributed by atoms with Crippen molar-refractivity contribution in [2.24, 2.45) is 28.5 Å². The van der Waals surface area contributed by atoms with Crippen LogP contribution < -0.4 is 5.73 Å². The summed E-state index contributed by atoms with van der Waals surface area (Å²) in [6.45, 7) is 14.1. The van der Waals surface area contributed by atoms with Gasteiger partial charge in [0.15, 0.2) is 0 Å². The molecular formula is C37H48N2S. The molecule has 0 fully saturated rings. The molecule has 2 N–H and O–H groups in total.